The van der Waals surface area contributed by atoms with E-state index in [9.17, 15) is 0 Å². The molecule has 0 aliphatic carbocycles. The Balaban J connectivity index is 0.000000280. The van der Waals surface area contributed by atoms with Gasteiger partial charge in [0.2, 0.25) is 0 Å². The Morgan fingerprint density at radius 1 is 0.429 bits per heavy atom. The SMILES string of the molecule is COB1OC(C)(C)C(C)(C)C(C)(C)O1.COB1OC(C)(C)C(C)(C)C(C)(C)O1. The molecule has 2 aliphatic heterocycles. The first kappa shape index (κ1) is 25.9. The van der Waals surface area contributed by atoms with Crippen LogP contribution in [0, 0.1) is 10.8 Å². The van der Waals surface area contributed by atoms with Crippen molar-refractivity contribution in [3.8, 4) is 0 Å². The highest BCUT2D eigenvalue weighted by molar-refractivity contribution is 6.37. The first-order valence-corrected chi connectivity index (χ1v) is 10.0. The van der Waals surface area contributed by atoms with Crippen LogP contribution in [0.15, 0.2) is 0 Å². The molecule has 2 rings (SSSR count). The molecule has 164 valence electrons. The van der Waals surface area contributed by atoms with Crippen molar-refractivity contribution < 1.29 is 27.9 Å². The summed E-state index contributed by atoms with van der Waals surface area (Å²) in [5, 5.41) is 0. The van der Waals surface area contributed by atoms with Crippen molar-refractivity contribution in [2.24, 2.45) is 10.8 Å². The van der Waals surface area contributed by atoms with Crippen LogP contribution in [0.2, 0.25) is 0 Å². The predicted octanol–water partition coefficient (Wildman–Crippen LogP) is 4.50. The second-order valence-electron chi connectivity index (χ2n) is 10.8. The lowest BCUT2D eigenvalue weighted by Crippen LogP contribution is -2.64. The van der Waals surface area contributed by atoms with E-state index in [1.165, 1.54) is 0 Å². The molecule has 2 fully saturated rings. The summed E-state index contributed by atoms with van der Waals surface area (Å²) in [6.45, 7) is 25.2. The largest absolute Gasteiger partial charge is 0.640 e. The highest BCUT2D eigenvalue weighted by Crippen LogP contribution is 2.49. The molecule has 0 bridgehead atoms. The van der Waals surface area contributed by atoms with Crippen LogP contribution < -0.4 is 0 Å². The van der Waals surface area contributed by atoms with E-state index in [1.807, 2.05) is 0 Å². The fraction of sp³-hybridized carbons (Fsp3) is 1.00. The topological polar surface area (TPSA) is 55.4 Å². The van der Waals surface area contributed by atoms with Gasteiger partial charge >= 0.3 is 14.6 Å². The maximum atomic E-state index is 5.73. The zero-order valence-corrected chi connectivity index (χ0v) is 20.6. The van der Waals surface area contributed by atoms with Crippen molar-refractivity contribution in [3.05, 3.63) is 0 Å². The molecule has 0 atom stereocenters. The Kier molecular flexibility index (Phi) is 7.28. The van der Waals surface area contributed by atoms with Crippen molar-refractivity contribution in [3.63, 3.8) is 0 Å². The van der Waals surface area contributed by atoms with Gasteiger partial charge in [0.05, 0.1) is 22.4 Å². The van der Waals surface area contributed by atoms with E-state index in [4.69, 9.17) is 27.9 Å². The van der Waals surface area contributed by atoms with Gasteiger partial charge in [-0.2, -0.15) is 0 Å². The molecular weight excluding hydrogens is 358 g/mol. The molecule has 2 aliphatic rings. The third-order valence-electron chi connectivity index (χ3n) is 7.97. The van der Waals surface area contributed by atoms with Crippen LogP contribution in [0.4, 0.5) is 0 Å². The Bertz CT molecular complexity index is 455. The average Bonchev–Trinajstić information content (AvgIpc) is 2.50. The lowest BCUT2D eigenvalue weighted by atomic mass is 9.64. The lowest BCUT2D eigenvalue weighted by molar-refractivity contribution is -0.200. The summed E-state index contributed by atoms with van der Waals surface area (Å²) in [5.74, 6) is 0. The van der Waals surface area contributed by atoms with Crippen LogP contribution in [0.25, 0.3) is 0 Å². The second-order valence-corrected chi connectivity index (χ2v) is 10.8. The Morgan fingerprint density at radius 3 is 0.750 bits per heavy atom. The molecule has 28 heavy (non-hydrogen) atoms. The minimum Gasteiger partial charge on any atom is -0.389 e. The molecule has 8 heteroatoms. The normalized spacial score (nSPS) is 28.9. The molecule has 0 aromatic rings. The molecule has 2 heterocycles. The summed E-state index contributed by atoms with van der Waals surface area (Å²) in [7, 11) is 2.06. The average molecular weight is 400 g/mol. The fourth-order valence-corrected chi connectivity index (χ4v) is 3.24. The monoisotopic (exact) mass is 400 g/mol. The van der Waals surface area contributed by atoms with Crippen LogP contribution in [0.3, 0.4) is 0 Å². The summed E-state index contributed by atoms with van der Waals surface area (Å²) in [6, 6.07) is 0. The van der Waals surface area contributed by atoms with Gasteiger partial charge in [-0.3, -0.25) is 0 Å². The van der Waals surface area contributed by atoms with Crippen LogP contribution in [-0.4, -0.2) is 51.3 Å². The Morgan fingerprint density at radius 2 is 0.607 bits per heavy atom. The van der Waals surface area contributed by atoms with Gasteiger partial charge in [0, 0.05) is 25.0 Å². The van der Waals surface area contributed by atoms with E-state index in [1.54, 1.807) is 14.2 Å². The fourth-order valence-electron chi connectivity index (χ4n) is 3.24. The van der Waals surface area contributed by atoms with E-state index in [-0.39, 0.29) is 33.2 Å². The first-order chi connectivity index (χ1) is 12.3. The Hall–Kier alpha value is -0.110. The van der Waals surface area contributed by atoms with Crippen LogP contribution in [0.1, 0.15) is 83.1 Å². The molecule has 0 N–H and O–H groups in total. The quantitative estimate of drug-likeness (QED) is 0.637. The van der Waals surface area contributed by atoms with Crippen molar-refractivity contribution in [1.82, 2.24) is 0 Å². The molecule has 6 nitrogen and oxygen atoms in total. The van der Waals surface area contributed by atoms with Gasteiger partial charge in [-0.15, -0.1) is 0 Å². The van der Waals surface area contributed by atoms with E-state index < -0.39 is 14.6 Å². The van der Waals surface area contributed by atoms with Crippen molar-refractivity contribution in [2.45, 2.75) is 105 Å². The molecule has 0 spiro atoms. The number of hydrogen-bond acceptors (Lipinski definition) is 6. The smallest absolute Gasteiger partial charge is 0.389 e. The van der Waals surface area contributed by atoms with Gasteiger partial charge in [-0.05, 0) is 55.4 Å². The van der Waals surface area contributed by atoms with Crippen LogP contribution in [0.5, 0.6) is 0 Å². The van der Waals surface area contributed by atoms with Gasteiger partial charge in [-0.1, -0.05) is 27.7 Å². The summed E-state index contributed by atoms with van der Waals surface area (Å²) in [6.07, 6.45) is 0. The first-order valence-electron chi connectivity index (χ1n) is 10.0. The molecular formula is C20H42B2O6. The molecule has 0 radical (unpaired) electrons. The molecule has 0 aromatic heterocycles. The molecule has 0 aromatic carbocycles. The summed E-state index contributed by atoms with van der Waals surface area (Å²) in [4.78, 5) is 0. The summed E-state index contributed by atoms with van der Waals surface area (Å²) >= 11 is 0. The van der Waals surface area contributed by atoms with Crippen LogP contribution >= 0.6 is 0 Å². The molecule has 0 unspecified atom stereocenters. The standard InChI is InChI=1S/2C10H21BO3/c2*1-8(2)9(3,4)13-11(12-7)14-10(8,5)6/h2*1-7H3. The second kappa shape index (κ2) is 7.86. The summed E-state index contributed by atoms with van der Waals surface area (Å²) in [5.41, 5.74) is -1.22. The molecule has 0 saturated carbocycles. The van der Waals surface area contributed by atoms with E-state index >= 15 is 0 Å². The van der Waals surface area contributed by atoms with Crippen molar-refractivity contribution >= 4 is 14.6 Å². The predicted molar refractivity (Wildman–Crippen MR) is 114 cm³/mol. The third kappa shape index (κ3) is 4.47. The highest BCUT2D eigenvalue weighted by Gasteiger charge is 2.58. The maximum Gasteiger partial charge on any atom is 0.640 e. The van der Waals surface area contributed by atoms with Crippen molar-refractivity contribution in [2.75, 3.05) is 14.2 Å². The molecule has 2 saturated heterocycles. The Labute approximate surface area is 173 Å². The third-order valence-corrected chi connectivity index (χ3v) is 7.97. The van der Waals surface area contributed by atoms with Gasteiger partial charge < -0.3 is 27.9 Å². The lowest BCUT2D eigenvalue weighted by Gasteiger charge is -2.56. The van der Waals surface area contributed by atoms with E-state index in [0.29, 0.717) is 0 Å². The van der Waals surface area contributed by atoms with Crippen molar-refractivity contribution in [1.29, 1.82) is 0 Å². The van der Waals surface area contributed by atoms with Gasteiger partial charge in [0.1, 0.15) is 0 Å². The van der Waals surface area contributed by atoms with Gasteiger partial charge in [-0.25, -0.2) is 0 Å². The number of rotatable bonds is 2. The van der Waals surface area contributed by atoms with E-state index in [0.717, 1.165) is 0 Å². The summed E-state index contributed by atoms with van der Waals surface area (Å²) < 4.78 is 33.1. The highest BCUT2D eigenvalue weighted by atomic mass is 16.8. The maximum absolute atomic E-state index is 5.73. The minimum absolute atomic E-state index is 0.0744. The molecule has 0 amide bonds. The number of hydrogen-bond donors (Lipinski definition) is 0. The zero-order chi connectivity index (χ0) is 22.4. The van der Waals surface area contributed by atoms with Gasteiger partial charge in [0.25, 0.3) is 0 Å². The van der Waals surface area contributed by atoms with Gasteiger partial charge in [0.15, 0.2) is 0 Å². The van der Waals surface area contributed by atoms with Crippen LogP contribution in [-0.2, 0) is 27.9 Å². The zero-order valence-electron chi connectivity index (χ0n) is 20.6. The minimum atomic E-state index is -0.562. The van der Waals surface area contributed by atoms with E-state index in [2.05, 4.69) is 83.1 Å².